The molecule has 3 N–H and O–H groups in total. The molecule has 0 radical (unpaired) electrons. The fourth-order valence-corrected chi connectivity index (χ4v) is 1.57. The van der Waals surface area contributed by atoms with Gasteiger partial charge in [-0.1, -0.05) is 0 Å². The molecule has 15 heavy (non-hydrogen) atoms. The Bertz CT molecular complexity index is 382. The van der Waals surface area contributed by atoms with Gasteiger partial charge in [0.05, 0.1) is 11.4 Å². The molecule has 1 atom stereocenters. The summed E-state index contributed by atoms with van der Waals surface area (Å²) in [6, 6.07) is 2.95. The van der Waals surface area contributed by atoms with Crippen LogP contribution < -0.4 is 11.1 Å². The van der Waals surface area contributed by atoms with E-state index in [4.69, 9.17) is 5.73 Å². The Balaban J connectivity index is 2.69. The number of hydrogen-bond donors (Lipinski definition) is 2. The topological polar surface area (TPSA) is 55.1 Å². The first-order valence-corrected chi connectivity index (χ1v) is 6.33. The molecule has 0 aliphatic heterocycles. The Morgan fingerprint density at radius 1 is 1.53 bits per heavy atom. The predicted molar refractivity (Wildman–Crippen MR) is 63.0 cm³/mol. The molecule has 1 aromatic rings. The highest BCUT2D eigenvalue weighted by molar-refractivity contribution is 7.84. The Kier molecular flexibility index (Phi) is 4.08. The van der Waals surface area contributed by atoms with E-state index in [0.29, 0.717) is 29.2 Å². The van der Waals surface area contributed by atoms with E-state index in [1.54, 1.807) is 19.2 Å². The van der Waals surface area contributed by atoms with Gasteiger partial charge < -0.3 is 11.1 Å². The first kappa shape index (κ1) is 12.0. The van der Waals surface area contributed by atoms with Crippen molar-refractivity contribution in [2.24, 2.45) is 0 Å². The fraction of sp³-hybridized carbons (Fsp3) is 0.400. The van der Waals surface area contributed by atoms with Gasteiger partial charge in [0.2, 0.25) is 0 Å². The lowest BCUT2D eigenvalue weighted by atomic mass is 10.2. The Hall–Kier alpha value is -1.10. The molecule has 3 nitrogen and oxygen atoms in total. The van der Waals surface area contributed by atoms with Crippen LogP contribution in [0.25, 0.3) is 0 Å². The van der Waals surface area contributed by atoms with Gasteiger partial charge in [-0.05, 0) is 24.6 Å². The largest absolute Gasteiger partial charge is 0.397 e. The molecule has 0 fully saturated rings. The summed E-state index contributed by atoms with van der Waals surface area (Å²) in [5.74, 6) is 0.243. The van der Waals surface area contributed by atoms with Crippen molar-refractivity contribution in [1.29, 1.82) is 0 Å². The molecule has 1 aromatic carbocycles. The standard InChI is InChI=1S/C10H15FN2OS/c1-7-5-10(9(12)6-8(7)11)13-3-4-15(2)14/h5-6,13H,3-4,12H2,1-2H3. The number of rotatable bonds is 4. The van der Waals surface area contributed by atoms with E-state index in [2.05, 4.69) is 5.32 Å². The lowest BCUT2D eigenvalue weighted by Gasteiger charge is -2.10. The molecule has 0 amide bonds. The Morgan fingerprint density at radius 2 is 2.20 bits per heavy atom. The van der Waals surface area contributed by atoms with Gasteiger partial charge in [-0.15, -0.1) is 0 Å². The van der Waals surface area contributed by atoms with Gasteiger partial charge >= 0.3 is 0 Å². The third kappa shape index (κ3) is 3.51. The monoisotopic (exact) mass is 230 g/mol. The number of nitrogen functional groups attached to an aromatic ring is 1. The third-order valence-corrected chi connectivity index (χ3v) is 2.81. The predicted octanol–water partition coefficient (Wildman–Crippen LogP) is 1.51. The lowest BCUT2D eigenvalue weighted by molar-refractivity contribution is 0.619. The molecule has 84 valence electrons. The van der Waals surface area contributed by atoms with E-state index in [9.17, 15) is 8.60 Å². The minimum absolute atomic E-state index is 0.308. The van der Waals surface area contributed by atoms with Gasteiger partial charge in [0, 0.05) is 29.4 Å². The molecule has 1 unspecified atom stereocenters. The van der Waals surface area contributed by atoms with Crippen LogP contribution in [0.15, 0.2) is 12.1 Å². The number of anilines is 2. The second-order valence-electron chi connectivity index (χ2n) is 3.39. The molecule has 0 bridgehead atoms. The second kappa shape index (κ2) is 5.11. The summed E-state index contributed by atoms with van der Waals surface area (Å²) >= 11 is 0. The van der Waals surface area contributed by atoms with Crippen molar-refractivity contribution in [3.05, 3.63) is 23.5 Å². The van der Waals surface area contributed by atoms with Crippen molar-refractivity contribution in [1.82, 2.24) is 0 Å². The molecule has 5 heteroatoms. The molecule has 0 heterocycles. The maximum absolute atomic E-state index is 13.1. The average Bonchev–Trinajstić information content (AvgIpc) is 2.13. The first-order chi connectivity index (χ1) is 7.00. The molecule has 0 saturated heterocycles. The van der Waals surface area contributed by atoms with Crippen LogP contribution in [0.5, 0.6) is 0 Å². The lowest BCUT2D eigenvalue weighted by Crippen LogP contribution is -2.11. The van der Waals surface area contributed by atoms with Crippen LogP contribution >= 0.6 is 0 Å². The molecular formula is C10H15FN2OS. The molecule has 0 aromatic heterocycles. The first-order valence-electron chi connectivity index (χ1n) is 4.60. The second-order valence-corrected chi connectivity index (χ2v) is 4.95. The minimum Gasteiger partial charge on any atom is -0.397 e. The summed E-state index contributed by atoms with van der Waals surface area (Å²) in [5.41, 5.74) is 7.24. The van der Waals surface area contributed by atoms with E-state index >= 15 is 0 Å². The summed E-state index contributed by atoms with van der Waals surface area (Å²) in [5, 5.41) is 3.03. The van der Waals surface area contributed by atoms with Gasteiger partial charge in [0.15, 0.2) is 0 Å². The van der Waals surface area contributed by atoms with Crippen molar-refractivity contribution in [2.75, 3.05) is 29.6 Å². The smallest absolute Gasteiger partial charge is 0.128 e. The highest BCUT2D eigenvalue weighted by Gasteiger charge is 2.04. The maximum atomic E-state index is 13.1. The van der Waals surface area contributed by atoms with Crippen molar-refractivity contribution in [3.8, 4) is 0 Å². The molecule has 1 rings (SSSR count). The van der Waals surface area contributed by atoms with E-state index in [0.717, 1.165) is 0 Å². The molecular weight excluding hydrogens is 215 g/mol. The highest BCUT2D eigenvalue weighted by Crippen LogP contribution is 2.22. The number of nitrogens with one attached hydrogen (secondary N) is 1. The summed E-state index contributed by atoms with van der Waals surface area (Å²) in [6.45, 7) is 2.25. The molecule has 0 saturated carbocycles. The summed E-state index contributed by atoms with van der Waals surface area (Å²) in [4.78, 5) is 0. The van der Waals surface area contributed by atoms with Crippen LogP contribution in [0.3, 0.4) is 0 Å². The summed E-state index contributed by atoms with van der Waals surface area (Å²) in [7, 11) is -0.833. The van der Waals surface area contributed by atoms with E-state index in [-0.39, 0.29) is 5.82 Å². The van der Waals surface area contributed by atoms with Crippen LogP contribution in [-0.2, 0) is 10.8 Å². The average molecular weight is 230 g/mol. The van der Waals surface area contributed by atoms with Crippen LogP contribution in [0.1, 0.15) is 5.56 Å². The van der Waals surface area contributed by atoms with Gasteiger partial charge in [-0.25, -0.2) is 4.39 Å². The highest BCUT2D eigenvalue weighted by atomic mass is 32.2. The van der Waals surface area contributed by atoms with Crippen LogP contribution in [0, 0.1) is 12.7 Å². The van der Waals surface area contributed by atoms with Gasteiger partial charge in [0.1, 0.15) is 5.82 Å². The van der Waals surface area contributed by atoms with Crippen LogP contribution in [0.2, 0.25) is 0 Å². The number of aryl methyl sites for hydroxylation is 1. The number of hydrogen-bond acceptors (Lipinski definition) is 3. The van der Waals surface area contributed by atoms with Gasteiger partial charge in [-0.3, -0.25) is 4.21 Å². The van der Waals surface area contributed by atoms with E-state index in [1.165, 1.54) is 6.07 Å². The Labute approximate surface area is 91.3 Å². The van der Waals surface area contributed by atoms with Gasteiger partial charge in [-0.2, -0.15) is 0 Å². The van der Waals surface area contributed by atoms with Crippen molar-refractivity contribution < 1.29 is 8.60 Å². The molecule has 0 spiro atoms. The zero-order valence-corrected chi connectivity index (χ0v) is 9.66. The summed E-state index contributed by atoms with van der Waals surface area (Å²) in [6.07, 6.45) is 1.64. The van der Waals surface area contributed by atoms with Crippen molar-refractivity contribution in [2.45, 2.75) is 6.92 Å². The van der Waals surface area contributed by atoms with Crippen LogP contribution in [0.4, 0.5) is 15.8 Å². The molecule has 0 aliphatic rings. The number of nitrogens with two attached hydrogens (primary N) is 1. The Morgan fingerprint density at radius 3 is 2.80 bits per heavy atom. The van der Waals surface area contributed by atoms with Crippen molar-refractivity contribution >= 4 is 22.2 Å². The minimum atomic E-state index is -0.833. The summed E-state index contributed by atoms with van der Waals surface area (Å²) < 4.78 is 23.9. The normalized spacial score (nSPS) is 12.5. The van der Waals surface area contributed by atoms with Crippen molar-refractivity contribution in [3.63, 3.8) is 0 Å². The molecule has 0 aliphatic carbocycles. The SMILES string of the molecule is Cc1cc(NCCS(C)=O)c(N)cc1F. The maximum Gasteiger partial charge on any atom is 0.128 e. The van der Waals surface area contributed by atoms with E-state index in [1.807, 2.05) is 0 Å². The zero-order chi connectivity index (χ0) is 11.4. The van der Waals surface area contributed by atoms with Crippen LogP contribution in [-0.4, -0.2) is 22.8 Å². The quantitative estimate of drug-likeness (QED) is 0.771. The number of benzene rings is 1. The third-order valence-electron chi connectivity index (χ3n) is 2.04. The zero-order valence-electron chi connectivity index (χ0n) is 8.84. The number of halogens is 1. The van der Waals surface area contributed by atoms with E-state index < -0.39 is 10.8 Å². The fourth-order valence-electron chi connectivity index (χ4n) is 1.18. The van der Waals surface area contributed by atoms with Gasteiger partial charge in [0.25, 0.3) is 0 Å².